The molecular formula is C23H21Cl2N5O2. The second-order valence-electron chi connectivity index (χ2n) is 7.97. The van der Waals surface area contributed by atoms with Crippen LogP contribution in [0.3, 0.4) is 0 Å². The average Bonchev–Trinajstić information content (AvgIpc) is 3.18. The van der Waals surface area contributed by atoms with E-state index in [-0.39, 0.29) is 12.0 Å². The van der Waals surface area contributed by atoms with Crippen molar-refractivity contribution in [1.29, 1.82) is 5.26 Å². The average molecular weight is 470 g/mol. The predicted molar refractivity (Wildman–Crippen MR) is 122 cm³/mol. The van der Waals surface area contributed by atoms with Gasteiger partial charge in [-0.3, -0.25) is 9.78 Å². The molecule has 1 fully saturated rings. The van der Waals surface area contributed by atoms with Crippen molar-refractivity contribution < 1.29 is 9.90 Å². The van der Waals surface area contributed by atoms with Crippen LogP contribution in [0.4, 0.5) is 5.69 Å². The summed E-state index contributed by atoms with van der Waals surface area (Å²) in [5.41, 5.74) is 2.24. The molecule has 0 atom stereocenters. The molecule has 0 bridgehead atoms. The third-order valence-corrected chi connectivity index (χ3v) is 6.68. The summed E-state index contributed by atoms with van der Waals surface area (Å²) >= 11 is 12.1. The van der Waals surface area contributed by atoms with Gasteiger partial charge < -0.3 is 10.4 Å². The first kappa shape index (κ1) is 22.3. The Morgan fingerprint density at radius 3 is 2.59 bits per heavy atom. The SMILES string of the molecule is Cc1c(C(=O)Nc2ccc(C3(C#N)CCC(O)CC3)nc2)cnn1-c1ccc(Cl)c(Cl)c1. The van der Waals surface area contributed by atoms with Gasteiger partial charge in [0.2, 0.25) is 0 Å². The van der Waals surface area contributed by atoms with Crippen LogP contribution < -0.4 is 5.32 Å². The fourth-order valence-corrected chi connectivity index (χ4v) is 4.27. The van der Waals surface area contributed by atoms with E-state index in [0.29, 0.717) is 64.1 Å². The molecule has 32 heavy (non-hydrogen) atoms. The molecule has 0 saturated heterocycles. The Balaban J connectivity index is 1.51. The summed E-state index contributed by atoms with van der Waals surface area (Å²) in [4.78, 5) is 17.3. The Kier molecular flexibility index (Phi) is 6.20. The fourth-order valence-electron chi connectivity index (χ4n) is 3.98. The number of rotatable bonds is 4. The predicted octanol–water partition coefficient (Wildman–Crippen LogP) is 4.83. The van der Waals surface area contributed by atoms with E-state index >= 15 is 0 Å². The molecule has 7 nitrogen and oxygen atoms in total. The highest BCUT2D eigenvalue weighted by atomic mass is 35.5. The number of pyridine rings is 1. The molecule has 4 rings (SSSR count). The van der Waals surface area contributed by atoms with E-state index in [0.717, 1.165) is 0 Å². The van der Waals surface area contributed by atoms with Gasteiger partial charge in [0.25, 0.3) is 5.91 Å². The lowest BCUT2D eigenvalue weighted by molar-refractivity contribution is 0.102. The highest BCUT2D eigenvalue weighted by molar-refractivity contribution is 6.42. The summed E-state index contributed by atoms with van der Waals surface area (Å²) < 4.78 is 1.62. The van der Waals surface area contributed by atoms with Gasteiger partial charge in [-0.15, -0.1) is 0 Å². The van der Waals surface area contributed by atoms with Crippen molar-refractivity contribution in [3.63, 3.8) is 0 Å². The smallest absolute Gasteiger partial charge is 0.259 e. The molecule has 0 unspecified atom stereocenters. The van der Waals surface area contributed by atoms with Gasteiger partial charge in [0.1, 0.15) is 0 Å². The van der Waals surface area contributed by atoms with Crippen LogP contribution in [0.15, 0.2) is 42.7 Å². The molecule has 1 amide bonds. The molecule has 1 aliphatic carbocycles. The number of aliphatic hydroxyl groups is 1. The zero-order valence-corrected chi connectivity index (χ0v) is 18.9. The summed E-state index contributed by atoms with van der Waals surface area (Å²) in [5.74, 6) is -0.320. The third kappa shape index (κ3) is 4.22. The normalized spacial score (nSPS) is 20.5. The minimum atomic E-state index is -0.695. The van der Waals surface area contributed by atoms with Gasteiger partial charge in [0, 0.05) is 0 Å². The molecule has 1 saturated carbocycles. The highest BCUT2D eigenvalue weighted by Crippen LogP contribution is 2.38. The number of carbonyl (C=O) groups is 1. The fraction of sp³-hybridized carbons (Fsp3) is 0.304. The monoisotopic (exact) mass is 469 g/mol. The Bertz CT molecular complexity index is 1190. The number of benzene rings is 1. The standard InChI is InChI=1S/C23H21Cl2N5O2/c1-14-18(12-28-30(14)16-3-4-19(24)20(25)10-16)22(32)29-15-2-5-21(27-11-15)23(13-26)8-6-17(31)7-9-23/h2-5,10-12,17,31H,6-9H2,1H3,(H,29,32). The van der Waals surface area contributed by atoms with Gasteiger partial charge in [-0.1, -0.05) is 23.2 Å². The molecular weight excluding hydrogens is 449 g/mol. The number of amides is 1. The number of aromatic nitrogens is 3. The van der Waals surface area contributed by atoms with Gasteiger partial charge in [-0.2, -0.15) is 10.4 Å². The number of nitriles is 1. The zero-order chi connectivity index (χ0) is 22.9. The summed E-state index contributed by atoms with van der Waals surface area (Å²) in [6, 6.07) is 11.0. The number of hydrogen-bond acceptors (Lipinski definition) is 5. The van der Waals surface area contributed by atoms with E-state index in [9.17, 15) is 15.2 Å². The molecule has 3 aromatic rings. The lowest BCUT2D eigenvalue weighted by Crippen LogP contribution is -2.33. The van der Waals surface area contributed by atoms with Gasteiger partial charge in [0.05, 0.1) is 68.4 Å². The van der Waals surface area contributed by atoms with Crippen LogP contribution in [0.5, 0.6) is 0 Å². The first-order chi connectivity index (χ1) is 15.3. The summed E-state index contributed by atoms with van der Waals surface area (Å²) in [6.45, 7) is 1.79. The summed E-state index contributed by atoms with van der Waals surface area (Å²) in [5, 5.41) is 27.5. The number of carbonyl (C=O) groups excluding carboxylic acids is 1. The van der Waals surface area contributed by atoms with Crippen LogP contribution >= 0.6 is 23.2 Å². The van der Waals surface area contributed by atoms with Gasteiger partial charge in [-0.25, -0.2) is 4.68 Å². The summed E-state index contributed by atoms with van der Waals surface area (Å²) in [7, 11) is 0. The Morgan fingerprint density at radius 1 is 1.22 bits per heavy atom. The van der Waals surface area contributed by atoms with Gasteiger partial charge >= 0.3 is 0 Å². The van der Waals surface area contributed by atoms with E-state index in [1.54, 1.807) is 48.1 Å². The van der Waals surface area contributed by atoms with Crippen molar-refractivity contribution >= 4 is 34.8 Å². The maximum atomic E-state index is 12.8. The lowest BCUT2D eigenvalue weighted by Gasteiger charge is -2.32. The molecule has 9 heteroatoms. The number of halogens is 2. The number of hydrogen-bond donors (Lipinski definition) is 2. The molecule has 2 N–H and O–H groups in total. The van der Waals surface area contributed by atoms with E-state index in [1.807, 2.05) is 0 Å². The molecule has 1 aromatic carbocycles. The Morgan fingerprint density at radius 2 is 1.97 bits per heavy atom. The van der Waals surface area contributed by atoms with Crippen LogP contribution in [-0.2, 0) is 5.41 Å². The Hall–Kier alpha value is -2.92. The molecule has 2 aromatic heterocycles. The number of nitrogens with one attached hydrogen (secondary N) is 1. The van der Waals surface area contributed by atoms with E-state index < -0.39 is 5.41 Å². The molecule has 2 heterocycles. The van der Waals surface area contributed by atoms with Crippen LogP contribution in [0.1, 0.15) is 47.4 Å². The van der Waals surface area contributed by atoms with E-state index in [1.165, 1.54) is 6.20 Å². The molecule has 164 valence electrons. The van der Waals surface area contributed by atoms with Crippen LogP contribution in [-0.4, -0.2) is 31.9 Å². The van der Waals surface area contributed by atoms with E-state index in [2.05, 4.69) is 21.5 Å². The van der Waals surface area contributed by atoms with Crippen molar-refractivity contribution in [2.24, 2.45) is 0 Å². The van der Waals surface area contributed by atoms with Crippen LogP contribution in [0, 0.1) is 18.3 Å². The van der Waals surface area contributed by atoms with Crippen molar-refractivity contribution in [1.82, 2.24) is 14.8 Å². The minimum absolute atomic E-state index is 0.320. The van der Waals surface area contributed by atoms with Crippen LogP contribution in [0.2, 0.25) is 10.0 Å². The quantitative estimate of drug-likeness (QED) is 0.569. The Labute approximate surface area is 195 Å². The number of aliphatic hydroxyl groups excluding tert-OH is 1. The zero-order valence-electron chi connectivity index (χ0n) is 17.3. The lowest BCUT2D eigenvalue weighted by atomic mass is 9.72. The second-order valence-corrected chi connectivity index (χ2v) is 8.78. The topological polar surface area (TPSA) is 104 Å². The number of nitrogens with zero attached hydrogens (tertiary/aromatic N) is 4. The highest BCUT2D eigenvalue weighted by Gasteiger charge is 2.37. The van der Waals surface area contributed by atoms with Crippen molar-refractivity contribution in [3.8, 4) is 11.8 Å². The first-order valence-corrected chi connectivity index (χ1v) is 11.0. The third-order valence-electron chi connectivity index (χ3n) is 5.94. The van der Waals surface area contributed by atoms with Crippen molar-refractivity contribution in [3.05, 3.63) is 69.7 Å². The molecule has 0 spiro atoms. The van der Waals surface area contributed by atoms with Crippen molar-refractivity contribution in [2.45, 2.75) is 44.1 Å². The van der Waals surface area contributed by atoms with Crippen molar-refractivity contribution in [2.75, 3.05) is 5.32 Å². The first-order valence-electron chi connectivity index (χ1n) is 10.2. The minimum Gasteiger partial charge on any atom is -0.393 e. The summed E-state index contributed by atoms with van der Waals surface area (Å²) in [6.07, 6.45) is 4.98. The van der Waals surface area contributed by atoms with Gasteiger partial charge in [-0.05, 0) is 62.9 Å². The second kappa shape index (κ2) is 8.91. The van der Waals surface area contributed by atoms with Crippen LogP contribution in [0.25, 0.3) is 5.69 Å². The molecule has 1 aliphatic rings. The molecule has 0 radical (unpaired) electrons. The maximum absolute atomic E-state index is 12.8. The van der Waals surface area contributed by atoms with E-state index in [4.69, 9.17) is 23.2 Å². The number of anilines is 1. The largest absolute Gasteiger partial charge is 0.393 e. The maximum Gasteiger partial charge on any atom is 0.259 e. The van der Waals surface area contributed by atoms with Gasteiger partial charge in [0.15, 0.2) is 0 Å². The molecule has 0 aliphatic heterocycles.